The van der Waals surface area contributed by atoms with Crippen LogP contribution in [0.2, 0.25) is 5.02 Å². The highest BCUT2D eigenvalue weighted by atomic mass is 35.5. The second-order valence-corrected chi connectivity index (χ2v) is 7.40. The molecule has 1 saturated heterocycles. The summed E-state index contributed by atoms with van der Waals surface area (Å²) in [6, 6.07) is 8.15. The van der Waals surface area contributed by atoms with Crippen molar-refractivity contribution < 1.29 is 13.9 Å². The van der Waals surface area contributed by atoms with E-state index in [0.717, 1.165) is 24.9 Å². The topological polar surface area (TPSA) is 88.2 Å². The molecule has 30 heavy (non-hydrogen) atoms. The lowest BCUT2D eigenvalue weighted by atomic mass is 10.1. The number of aromatic nitrogens is 2. The van der Waals surface area contributed by atoms with Crippen LogP contribution in [0.5, 0.6) is 5.75 Å². The zero-order valence-electron chi connectivity index (χ0n) is 16.3. The Labute approximate surface area is 178 Å². The Hall–Kier alpha value is -2.97. The van der Waals surface area contributed by atoms with Gasteiger partial charge in [-0.2, -0.15) is 0 Å². The third-order valence-corrected chi connectivity index (χ3v) is 5.36. The molecule has 3 N–H and O–H groups in total. The van der Waals surface area contributed by atoms with Gasteiger partial charge in [0.15, 0.2) is 5.82 Å². The van der Waals surface area contributed by atoms with Gasteiger partial charge in [0.05, 0.1) is 29.4 Å². The average Bonchev–Trinajstić information content (AvgIpc) is 3.30. The summed E-state index contributed by atoms with van der Waals surface area (Å²) in [7, 11) is 1.56. The Morgan fingerprint density at radius 3 is 3.00 bits per heavy atom. The number of anilines is 2. The predicted molar refractivity (Wildman–Crippen MR) is 114 cm³/mol. The zero-order chi connectivity index (χ0) is 21.1. The van der Waals surface area contributed by atoms with Gasteiger partial charge in [-0.1, -0.05) is 17.7 Å². The molecular weight excluding hydrogens is 409 g/mol. The van der Waals surface area contributed by atoms with Crippen molar-refractivity contribution >= 4 is 39.9 Å². The number of ether oxygens (including phenoxy) is 1. The van der Waals surface area contributed by atoms with E-state index in [-0.39, 0.29) is 29.2 Å². The molecule has 0 radical (unpaired) electrons. The van der Waals surface area contributed by atoms with E-state index in [1.807, 2.05) is 6.07 Å². The van der Waals surface area contributed by atoms with Crippen molar-refractivity contribution in [3.63, 3.8) is 0 Å². The minimum atomic E-state index is -0.559. The second kappa shape index (κ2) is 8.81. The average molecular weight is 430 g/mol. The number of fused-ring (bicyclic) bond motifs is 1. The van der Waals surface area contributed by atoms with Gasteiger partial charge in [0.1, 0.15) is 17.9 Å². The molecule has 1 aromatic heterocycles. The Bertz CT molecular complexity index is 1090. The summed E-state index contributed by atoms with van der Waals surface area (Å²) in [5.41, 5.74) is 1.60. The molecule has 1 fully saturated rings. The van der Waals surface area contributed by atoms with Crippen molar-refractivity contribution in [3.05, 3.63) is 53.1 Å². The number of nitrogens with zero attached hydrogens (tertiary/aromatic N) is 2. The molecular formula is C21H21ClFN5O2. The number of carbonyl (C=O) groups excluding carboxylic acids is 1. The van der Waals surface area contributed by atoms with Crippen molar-refractivity contribution in [2.75, 3.05) is 19.0 Å². The van der Waals surface area contributed by atoms with Crippen LogP contribution in [0.15, 0.2) is 36.7 Å². The largest absolute Gasteiger partial charge is 0.496 e. The first-order chi connectivity index (χ1) is 14.6. The number of methoxy groups -OCH3 is 1. The molecule has 156 valence electrons. The molecule has 2 heterocycles. The maximum absolute atomic E-state index is 14.3. The molecule has 0 saturated carbocycles. The number of hydrogen-bond acceptors (Lipinski definition) is 6. The summed E-state index contributed by atoms with van der Waals surface area (Å²) in [6.07, 6.45) is 3.21. The fraction of sp³-hybridized carbons (Fsp3) is 0.286. The molecule has 0 aliphatic carbocycles. The van der Waals surface area contributed by atoms with Crippen molar-refractivity contribution in [3.8, 4) is 5.75 Å². The van der Waals surface area contributed by atoms with E-state index < -0.39 is 5.82 Å². The SMILES string of the molecule is COc1cc2ncnc(Nc3cccc(Cl)c3F)c2cc1CNC(=O)[C@@H]1CCCN1. The minimum absolute atomic E-state index is 0.0176. The third kappa shape index (κ3) is 4.15. The molecule has 1 aliphatic heterocycles. The molecule has 0 bridgehead atoms. The lowest BCUT2D eigenvalue weighted by Crippen LogP contribution is -2.40. The van der Waals surface area contributed by atoms with Crippen LogP contribution in [0.3, 0.4) is 0 Å². The summed E-state index contributed by atoms with van der Waals surface area (Å²) in [5, 5.41) is 9.79. The summed E-state index contributed by atoms with van der Waals surface area (Å²) in [5.74, 6) is 0.420. The number of carbonyl (C=O) groups is 1. The van der Waals surface area contributed by atoms with Crippen LogP contribution in [-0.2, 0) is 11.3 Å². The molecule has 7 nitrogen and oxygen atoms in total. The number of hydrogen-bond donors (Lipinski definition) is 3. The monoisotopic (exact) mass is 429 g/mol. The molecule has 9 heteroatoms. The fourth-order valence-electron chi connectivity index (χ4n) is 3.50. The van der Waals surface area contributed by atoms with E-state index in [1.165, 1.54) is 12.4 Å². The van der Waals surface area contributed by atoms with E-state index in [9.17, 15) is 9.18 Å². The standard InChI is InChI=1S/C21H21ClFN5O2/c1-30-18-9-17-13(8-12(18)10-25-21(29)16-6-3-7-24-16)20(27-11-26-17)28-15-5-2-4-14(22)19(15)23/h2,4-5,8-9,11,16,24H,3,6-7,10H2,1H3,(H,25,29)(H,26,27,28)/t16-/m0/s1. The van der Waals surface area contributed by atoms with Crippen LogP contribution in [-0.4, -0.2) is 35.6 Å². The number of nitrogens with one attached hydrogen (secondary N) is 3. The highest BCUT2D eigenvalue weighted by molar-refractivity contribution is 6.31. The van der Waals surface area contributed by atoms with Gasteiger partial charge in [0, 0.05) is 23.6 Å². The van der Waals surface area contributed by atoms with E-state index in [1.54, 1.807) is 25.3 Å². The van der Waals surface area contributed by atoms with E-state index >= 15 is 0 Å². The van der Waals surface area contributed by atoms with Crippen molar-refractivity contribution in [1.82, 2.24) is 20.6 Å². The number of halogens is 2. The first kappa shape index (κ1) is 20.3. The van der Waals surface area contributed by atoms with E-state index in [2.05, 4.69) is 25.9 Å². The number of amides is 1. The van der Waals surface area contributed by atoms with E-state index in [4.69, 9.17) is 16.3 Å². The normalized spacial score (nSPS) is 15.9. The third-order valence-electron chi connectivity index (χ3n) is 5.07. The first-order valence-electron chi connectivity index (χ1n) is 9.60. The van der Waals surface area contributed by atoms with Crippen LogP contribution >= 0.6 is 11.6 Å². The van der Waals surface area contributed by atoms with Crippen LogP contribution in [0.4, 0.5) is 15.9 Å². The fourth-order valence-corrected chi connectivity index (χ4v) is 3.67. The Kier molecular flexibility index (Phi) is 5.96. The van der Waals surface area contributed by atoms with Gasteiger partial charge in [0.25, 0.3) is 0 Å². The molecule has 2 aromatic carbocycles. The zero-order valence-corrected chi connectivity index (χ0v) is 17.1. The molecule has 1 aliphatic rings. The second-order valence-electron chi connectivity index (χ2n) is 7.00. The highest BCUT2D eigenvalue weighted by Crippen LogP contribution is 2.31. The van der Waals surface area contributed by atoms with Crippen LogP contribution < -0.4 is 20.7 Å². The Morgan fingerprint density at radius 1 is 1.37 bits per heavy atom. The Morgan fingerprint density at radius 2 is 2.23 bits per heavy atom. The van der Waals surface area contributed by atoms with Crippen LogP contribution in [0, 0.1) is 5.82 Å². The number of benzene rings is 2. The molecule has 0 unspecified atom stereocenters. The minimum Gasteiger partial charge on any atom is -0.496 e. The highest BCUT2D eigenvalue weighted by Gasteiger charge is 2.22. The summed E-state index contributed by atoms with van der Waals surface area (Å²) in [4.78, 5) is 20.9. The van der Waals surface area contributed by atoms with Crippen LogP contribution in [0.25, 0.3) is 10.9 Å². The number of rotatable bonds is 6. The maximum Gasteiger partial charge on any atom is 0.237 e. The molecule has 1 atom stereocenters. The quantitative estimate of drug-likeness (QED) is 0.555. The molecule has 1 amide bonds. The van der Waals surface area contributed by atoms with Crippen molar-refractivity contribution in [2.24, 2.45) is 0 Å². The van der Waals surface area contributed by atoms with Gasteiger partial charge in [-0.05, 0) is 37.6 Å². The smallest absolute Gasteiger partial charge is 0.237 e. The van der Waals surface area contributed by atoms with Crippen molar-refractivity contribution in [1.29, 1.82) is 0 Å². The lowest BCUT2D eigenvalue weighted by Gasteiger charge is -2.15. The summed E-state index contributed by atoms with van der Waals surface area (Å²) >= 11 is 5.88. The summed E-state index contributed by atoms with van der Waals surface area (Å²) < 4.78 is 19.8. The van der Waals surface area contributed by atoms with Gasteiger partial charge >= 0.3 is 0 Å². The van der Waals surface area contributed by atoms with Gasteiger partial charge in [-0.3, -0.25) is 4.79 Å². The Balaban J connectivity index is 1.64. The molecule has 3 aromatic rings. The van der Waals surface area contributed by atoms with Gasteiger partial charge < -0.3 is 20.7 Å². The molecule has 0 spiro atoms. The van der Waals surface area contributed by atoms with Crippen LogP contribution in [0.1, 0.15) is 18.4 Å². The molecule has 4 rings (SSSR count). The summed E-state index contributed by atoms with van der Waals surface area (Å²) in [6.45, 7) is 1.14. The van der Waals surface area contributed by atoms with Crippen molar-refractivity contribution in [2.45, 2.75) is 25.4 Å². The maximum atomic E-state index is 14.3. The first-order valence-corrected chi connectivity index (χ1v) is 9.98. The van der Waals surface area contributed by atoms with Gasteiger partial charge in [-0.25, -0.2) is 14.4 Å². The van der Waals surface area contributed by atoms with Gasteiger partial charge in [-0.15, -0.1) is 0 Å². The lowest BCUT2D eigenvalue weighted by molar-refractivity contribution is -0.122. The van der Waals surface area contributed by atoms with E-state index in [0.29, 0.717) is 22.5 Å². The predicted octanol–water partition coefficient (Wildman–Crippen LogP) is 3.54. The van der Waals surface area contributed by atoms with Gasteiger partial charge in [0.2, 0.25) is 5.91 Å².